The van der Waals surface area contributed by atoms with Crippen molar-refractivity contribution < 1.29 is 9.53 Å². The molecule has 1 aromatic heterocycles. The van der Waals surface area contributed by atoms with Gasteiger partial charge in [-0.05, 0) is 49.4 Å². The van der Waals surface area contributed by atoms with Crippen molar-refractivity contribution >= 4 is 33.0 Å². The van der Waals surface area contributed by atoms with Crippen LogP contribution in [0.2, 0.25) is 0 Å². The normalized spacial score (nSPS) is 25.0. The summed E-state index contributed by atoms with van der Waals surface area (Å²) < 4.78 is 6.37. The zero-order valence-corrected chi connectivity index (χ0v) is 13.7. The van der Waals surface area contributed by atoms with E-state index in [2.05, 4.69) is 42.3 Å². The van der Waals surface area contributed by atoms with Crippen LogP contribution in [0, 0.1) is 0 Å². The summed E-state index contributed by atoms with van der Waals surface area (Å²) in [4.78, 5) is 16.0. The first-order valence-electron chi connectivity index (χ1n) is 7.71. The van der Waals surface area contributed by atoms with Gasteiger partial charge in [-0.3, -0.25) is 4.90 Å². The zero-order chi connectivity index (χ0) is 15.3. The molecule has 2 aliphatic heterocycles. The molecule has 2 aliphatic rings. The number of carbonyl (C=O) groups excluding carboxylic acids is 1. The van der Waals surface area contributed by atoms with E-state index in [-0.39, 0.29) is 12.0 Å². The molecule has 2 aromatic rings. The smallest absolute Gasteiger partial charge is 0.335 e. The number of hydrogen-bond donors (Lipinski definition) is 0. The Balaban J connectivity index is 1.89. The molecule has 4 heteroatoms. The fourth-order valence-electron chi connectivity index (χ4n) is 3.89. The molecular weight excluding hydrogens is 294 g/mol. The van der Waals surface area contributed by atoms with Gasteiger partial charge in [-0.2, -0.15) is 0 Å². The number of esters is 1. The molecule has 0 spiro atoms. The molecule has 1 aromatic carbocycles. The van der Waals surface area contributed by atoms with Crippen LogP contribution in [0.25, 0.3) is 15.7 Å². The van der Waals surface area contributed by atoms with Gasteiger partial charge in [0.05, 0.1) is 12.7 Å². The molecule has 3 nitrogen and oxygen atoms in total. The van der Waals surface area contributed by atoms with Gasteiger partial charge in [-0.15, -0.1) is 11.3 Å². The Labute approximate surface area is 134 Å². The molecule has 4 rings (SSSR count). The monoisotopic (exact) mass is 313 g/mol. The highest BCUT2D eigenvalue weighted by Crippen LogP contribution is 2.44. The molecule has 0 N–H and O–H groups in total. The summed E-state index contributed by atoms with van der Waals surface area (Å²) in [5, 5.41) is 1.26. The third-order valence-electron chi connectivity index (χ3n) is 5.07. The number of fused-ring (bicyclic) bond motifs is 3. The second kappa shape index (κ2) is 5.21. The maximum absolute atomic E-state index is 12.4. The number of likely N-dealkylation sites (N-methyl/N-ethyl adjacent to an activating group) is 1. The van der Waals surface area contributed by atoms with Crippen LogP contribution >= 0.6 is 11.3 Å². The Hall–Kier alpha value is -1.65. The van der Waals surface area contributed by atoms with Gasteiger partial charge in [0.2, 0.25) is 0 Å². The minimum absolute atomic E-state index is 0.162. The predicted molar refractivity (Wildman–Crippen MR) is 90.0 cm³/mol. The highest BCUT2D eigenvalue weighted by molar-refractivity contribution is 7.20. The summed E-state index contributed by atoms with van der Waals surface area (Å²) in [6, 6.07) is 11.4. The van der Waals surface area contributed by atoms with E-state index in [9.17, 15) is 4.79 Å². The lowest BCUT2D eigenvalue weighted by atomic mass is 9.92. The number of hydrogen-bond acceptors (Lipinski definition) is 4. The largest absolute Gasteiger partial charge is 0.466 e. The van der Waals surface area contributed by atoms with Crippen molar-refractivity contribution in [3.05, 3.63) is 40.8 Å². The average Bonchev–Trinajstić information content (AvgIpc) is 3.05. The van der Waals surface area contributed by atoms with Gasteiger partial charge < -0.3 is 4.74 Å². The van der Waals surface area contributed by atoms with E-state index in [0.717, 1.165) is 24.8 Å². The first kappa shape index (κ1) is 14.0. The Kier molecular flexibility index (Phi) is 3.31. The minimum atomic E-state index is -0.162. The van der Waals surface area contributed by atoms with Crippen LogP contribution in [-0.2, 0) is 9.53 Å². The molecule has 0 radical (unpaired) electrons. The maximum atomic E-state index is 12.4. The van der Waals surface area contributed by atoms with Gasteiger partial charge in [0, 0.05) is 21.7 Å². The second-order valence-electron chi connectivity index (χ2n) is 6.15. The average molecular weight is 313 g/mol. The van der Waals surface area contributed by atoms with Crippen molar-refractivity contribution in [1.29, 1.82) is 0 Å². The number of thiophene rings is 1. The van der Waals surface area contributed by atoms with Crippen molar-refractivity contribution in [3.63, 3.8) is 0 Å². The van der Waals surface area contributed by atoms with Crippen LogP contribution in [0.3, 0.4) is 0 Å². The van der Waals surface area contributed by atoms with E-state index in [1.807, 2.05) is 0 Å². The van der Waals surface area contributed by atoms with Gasteiger partial charge >= 0.3 is 5.97 Å². The highest BCUT2D eigenvalue weighted by Gasteiger charge is 2.42. The lowest BCUT2D eigenvalue weighted by molar-refractivity contribution is -0.136. The third kappa shape index (κ3) is 2.02. The lowest BCUT2D eigenvalue weighted by Crippen LogP contribution is -2.40. The van der Waals surface area contributed by atoms with Gasteiger partial charge in [0.15, 0.2) is 0 Å². The molecule has 2 bridgehead atoms. The van der Waals surface area contributed by atoms with Crippen LogP contribution in [0.15, 0.2) is 35.9 Å². The molecule has 1 fully saturated rings. The van der Waals surface area contributed by atoms with Crippen LogP contribution < -0.4 is 0 Å². The molecule has 0 aliphatic carbocycles. The fourth-order valence-corrected chi connectivity index (χ4v) is 5.02. The Morgan fingerprint density at radius 2 is 2.14 bits per heavy atom. The minimum Gasteiger partial charge on any atom is -0.466 e. The summed E-state index contributed by atoms with van der Waals surface area (Å²) in [6.07, 6.45) is 3.17. The first-order valence-corrected chi connectivity index (χ1v) is 8.53. The zero-order valence-electron chi connectivity index (χ0n) is 12.8. The molecule has 0 saturated carbocycles. The highest BCUT2D eigenvalue weighted by atomic mass is 32.1. The van der Waals surface area contributed by atoms with E-state index < -0.39 is 0 Å². The second-order valence-corrected chi connectivity index (χ2v) is 7.23. The summed E-state index contributed by atoms with van der Waals surface area (Å²) in [6.45, 7) is 0. The molecule has 2 atom stereocenters. The van der Waals surface area contributed by atoms with Crippen molar-refractivity contribution in [2.75, 3.05) is 14.2 Å². The van der Waals surface area contributed by atoms with E-state index in [0.29, 0.717) is 6.04 Å². The molecule has 114 valence electrons. The number of methoxy groups -OCH3 is 1. The first-order chi connectivity index (χ1) is 10.7. The molecule has 0 amide bonds. The number of nitrogens with zero attached hydrogens (tertiary/aromatic N) is 1. The predicted octanol–water partition coefficient (Wildman–Crippen LogP) is 3.69. The van der Waals surface area contributed by atoms with Gasteiger partial charge in [0.1, 0.15) is 0 Å². The van der Waals surface area contributed by atoms with Crippen molar-refractivity contribution in [2.45, 2.75) is 31.3 Å². The van der Waals surface area contributed by atoms with Crippen molar-refractivity contribution in [3.8, 4) is 0 Å². The molecular formula is C18H19NO2S. The summed E-state index contributed by atoms with van der Waals surface area (Å²) in [5.41, 5.74) is 2.09. The number of benzene rings is 1. The molecule has 3 heterocycles. The van der Waals surface area contributed by atoms with Crippen molar-refractivity contribution in [2.24, 2.45) is 0 Å². The Morgan fingerprint density at radius 3 is 2.91 bits per heavy atom. The van der Waals surface area contributed by atoms with Crippen LogP contribution in [0.1, 0.15) is 24.1 Å². The topological polar surface area (TPSA) is 29.5 Å². The van der Waals surface area contributed by atoms with Crippen LogP contribution in [0.4, 0.5) is 0 Å². The number of carbonyl (C=O) groups is 1. The van der Waals surface area contributed by atoms with Gasteiger partial charge in [-0.25, -0.2) is 4.79 Å². The Bertz CT molecular complexity index is 743. The van der Waals surface area contributed by atoms with Crippen LogP contribution in [0.5, 0.6) is 0 Å². The maximum Gasteiger partial charge on any atom is 0.335 e. The van der Waals surface area contributed by atoms with E-state index in [1.54, 1.807) is 11.3 Å². The lowest BCUT2D eigenvalue weighted by Gasteiger charge is -2.33. The van der Waals surface area contributed by atoms with E-state index >= 15 is 0 Å². The van der Waals surface area contributed by atoms with Crippen LogP contribution in [-0.4, -0.2) is 37.1 Å². The summed E-state index contributed by atoms with van der Waals surface area (Å²) in [5.74, 6) is -0.162. The standard InChI is InChI=1S/C18H19NO2S/c1-19-12-7-8-14(19)17(18(20)21-2)13(10-12)16-9-11-5-3-4-6-15(11)22-16/h3-6,9,12,14H,7-8,10H2,1-2H3/t12-,14+/m0/s1. The SMILES string of the molecule is COC(=O)C1=C(c2cc3ccccc3s2)C[C@@H]2CC[C@H]1N2C. The molecule has 1 saturated heterocycles. The number of ether oxygens (including phenoxy) is 1. The fraction of sp³-hybridized carbons (Fsp3) is 0.389. The summed E-state index contributed by atoms with van der Waals surface area (Å²) in [7, 11) is 3.62. The van der Waals surface area contributed by atoms with Gasteiger partial charge in [-0.1, -0.05) is 18.2 Å². The number of rotatable bonds is 2. The van der Waals surface area contributed by atoms with Crippen molar-refractivity contribution in [1.82, 2.24) is 4.90 Å². The van der Waals surface area contributed by atoms with Gasteiger partial charge in [0.25, 0.3) is 0 Å². The van der Waals surface area contributed by atoms with E-state index in [1.165, 1.54) is 27.6 Å². The Morgan fingerprint density at radius 1 is 1.32 bits per heavy atom. The quantitative estimate of drug-likeness (QED) is 0.792. The molecule has 0 unspecified atom stereocenters. The third-order valence-corrected chi connectivity index (χ3v) is 6.24. The van der Waals surface area contributed by atoms with E-state index in [4.69, 9.17) is 4.74 Å². The molecule has 22 heavy (non-hydrogen) atoms. The summed E-state index contributed by atoms with van der Waals surface area (Å²) >= 11 is 1.78.